The molecule has 0 spiro atoms. The van der Waals surface area contributed by atoms with Gasteiger partial charge in [-0.25, -0.2) is 9.97 Å². The molecule has 0 unspecified atom stereocenters. The van der Waals surface area contributed by atoms with Crippen molar-refractivity contribution in [3.63, 3.8) is 0 Å². The van der Waals surface area contributed by atoms with E-state index < -0.39 is 0 Å². The Labute approximate surface area is 199 Å². The first kappa shape index (κ1) is 19.2. The summed E-state index contributed by atoms with van der Waals surface area (Å²) in [5.41, 5.74) is 6.18. The Morgan fingerprint density at radius 2 is 1.09 bits per heavy atom. The molecule has 32 heavy (non-hydrogen) atoms. The highest BCUT2D eigenvalue weighted by Gasteiger charge is 2.16. The van der Waals surface area contributed by atoms with Gasteiger partial charge in [0.15, 0.2) is 0 Å². The maximum Gasteiger partial charge on any atom is 0.235 e. The molecule has 0 saturated carbocycles. The van der Waals surface area contributed by atoms with E-state index in [-0.39, 0.29) is 0 Å². The molecule has 2 heterocycles. The maximum atomic E-state index is 5.05. The third kappa shape index (κ3) is 3.28. The van der Waals surface area contributed by atoms with E-state index in [1.165, 1.54) is 14.3 Å². The summed E-state index contributed by atoms with van der Waals surface area (Å²) >= 11 is 2.37. The lowest BCUT2D eigenvalue weighted by Gasteiger charge is -2.11. The van der Waals surface area contributed by atoms with Crippen LogP contribution in [0.3, 0.4) is 0 Å². The van der Waals surface area contributed by atoms with E-state index in [1.54, 1.807) is 0 Å². The van der Waals surface area contributed by atoms with Crippen molar-refractivity contribution >= 4 is 44.4 Å². The van der Waals surface area contributed by atoms with Gasteiger partial charge in [0.05, 0.1) is 22.4 Å². The summed E-state index contributed by atoms with van der Waals surface area (Å²) in [4.78, 5) is 10.1. The normalized spacial score (nSPS) is 11.3. The number of rotatable bonds is 3. The summed E-state index contributed by atoms with van der Waals surface area (Å²) in [6.45, 7) is 0. The predicted octanol–water partition coefficient (Wildman–Crippen LogP) is 7.51. The minimum Gasteiger partial charge on any atom is -0.278 e. The van der Waals surface area contributed by atoms with Crippen molar-refractivity contribution in [3.8, 4) is 28.5 Å². The lowest BCUT2D eigenvalue weighted by molar-refractivity contribution is 0.995. The molecule has 2 aromatic heterocycles. The number of fused-ring (bicyclic) bond motifs is 3. The van der Waals surface area contributed by atoms with Crippen LogP contribution in [0.4, 0.5) is 0 Å². The fourth-order valence-corrected chi connectivity index (χ4v) is 4.68. The molecule has 0 aliphatic carbocycles. The van der Waals surface area contributed by atoms with Crippen molar-refractivity contribution in [3.05, 3.63) is 113 Å². The largest absolute Gasteiger partial charge is 0.278 e. The van der Waals surface area contributed by atoms with Crippen LogP contribution in [0, 0.1) is 3.57 Å². The van der Waals surface area contributed by atoms with Crippen LogP contribution in [0.5, 0.6) is 0 Å². The molecule has 0 bridgehead atoms. The number of hydrogen-bond donors (Lipinski definition) is 0. The average Bonchev–Trinajstić information content (AvgIpc) is 3.18. The predicted molar refractivity (Wildman–Crippen MR) is 140 cm³/mol. The van der Waals surface area contributed by atoms with Gasteiger partial charge in [0, 0.05) is 25.5 Å². The first-order valence-corrected chi connectivity index (χ1v) is 11.5. The summed E-state index contributed by atoms with van der Waals surface area (Å²) in [6.07, 6.45) is 0. The van der Waals surface area contributed by atoms with Gasteiger partial charge in [0.2, 0.25) is 5.95 Å². The Balaban J connectivity index is 1.70. The molecule has 4 heteroatoms. The summed E-state index contributed by atoms with van der Waals surface area (Å²) < 4.78 is 3.37. The van der Waals surface area contributed by atoms with E-state index in [4.69, 9.17) is 9.97 Å². The highest BCUT2D eigenvalue weighted by molar-refractivity contribution is 14.1. The second kappa shape index (κ2) is 7.88. The molecule has 4 aromatic carbocycles. The second-order valence-corrected chi connectivity index (χ2v) is 8.93. The van der Waals surface area contributed by atoms with Gasteiger partial charge in [0.25, 0.3) is 0 Å². The molecule has 0 fully saturated rings. The van der Waals surface area contributed by atoms with Gasteiger partial charge in [-0.3, -0.25) is 4.57 Å². The average molecular weight is 523 g/mol. The molecule has 0 atom stereocenters. The van der Waals surface area contributed by atoms with Crippen LogP contribution in [0.15, 0.2) is 109 Å². The number of para-hydroxylation sites is 1. The van der Waals surface area contributed by atoms with Crippen LogP contribution in [0.25, 0.3) is 50.3 Å². The molecule has 0 aliphatic heterocycles. The topological polar surface area (TPSA) is 30.7 Å². The lowest BCUT2D eigenvalue weighted by Crippen LogP contribution is -2.04. The molecule has 6 aromatic rings. The quantitative estimate of drug-likeness (QED) is 0.225. The maximum absolute atomic E-state index is 5.05. The first-order valence-electron chi connectivity index (χ1n) is 10.5. The van der Waals surface area contributed by atoms with E-state index in [9.17, 15) is 0 Å². The molecule has 0 aliphatic rings. The first-order chi connectivity index (χ1) is 15.8. The van der Waals surface area contributed by atoms with E-state index >= 15 is 0 Å². The van der Waals surface area contributed by atoms with Crippen molar-refractivity contribution in [1.29, 1.82) is 0 Å². The van der Waals surface area contributed by atoms with Gasteiger partial charge in [0.1, 0.15) is 0 Å². The zero-order valence-electron chi connectivity index (χ0n) is 17.1. The highest BCUT2D eigenvalue weighted by Crippen LogP contribution is 2.33. The molecule has 152 valence electrons. The van der Waals surface area contributed by atoms with E-state index in [1.807, 2.05) is 36.4 Å². The number of halogens is 1. The minimum absolute atomic E-state index is 0.679. The lowest BCUT2D eigenvalue weighted by atomic mass is 10.1. The molecule has 0 saturated heterocycles. The van der Waals surface area contributed by atoms with Crippen LogP contribution >= 0.6 is 22.6 Å². The summed E-state index contributed by atoms with van der Waals surface area (Å²) in [6, 6.07) is 37.7. The van der Waals surface area contributed by atoms with Crippen LogP contribution in [-0.4, -0.2) is 14.5 Å². The second-order valence-electron chi connectivity index (χ2n) is 7.68. The van der Waals surface area contributed by atoms with Gasteiger partial charge in [-0.1, -0.05) is 84.9 Å². The Morgan fingerprint density at radius 1 is 0.531 bits per heavy atom. The van der Waals surface area contributed by atoms with Crippen molar-refractivity contribution in [2.75, 3.05) is 0 Å². The third-order valence-electron chi connectivity index (χ3n) is 5.69. The van der Waals surface area contributed by atoms with Crippen molar-refractivity contribution < 1.29 is 0 Å². The van der Waals surface area contributed by atoms with Gasteiger partial charge >= 0.3 is 0 Å². The monoisotopic (exact) mass is 523 g/mol. The van der Waals surface area contributed by atoms with Crippen molar-refractivity contribution in [2.24, 2.45) is 0 Å². The smallest absolute Gasteiger partial charge is 0.235 e. The number of benzene rings is 4. The van der Waals surface area contributed by atoms with Crippen LogP contribution in [0.2, 0.25) is 0 Å². The fraction of sp³-hybridized carbons (Fsp3) is 0. The molecule has 3 nitrogen and oxygen atoms in total. The zero-order chi connectivity index (χ0) is 21.5. The Morgan fingerprint density at radius 3 is 1.75 bits per heavy atom. The fourth-order valence-electron chi connectivity index (χ4n) is 4.21. The van der Waals surface area contributed by atoms with Crippen LogP contribution in [-0.2, 0) is 0 Å². The molecule has 0 N–H and O–H groups in total. The van der Waals surface area contributed by atoms with E-state index in [0.717, 1.165) is 33.5 Å². The van der Waals surface area contributed by atoms with Gasteiger partial charge in [-0.05, 0) is 46.9 Å². The minimum atomic E-state index is 0.679. The van der Waals surface area contributed by atoms with E-state index in [2.05, 4.69) is 100.0 Å². The molecule has 6 rings (SSSR count). The van der Waals surface area contributed by atoms with Gasteiger partial charge < -0.3 is 0 Å². The van der Waals surface area contributed by atoms with Crippen LogP contribution < -0.4 is 0 Å². The van der Waals surface area contributed by atoms with Crippen LogP contribution in [0.1, 0.15) is 0 Å². The zero-order valence-corrected chi connectivity index (χ0v) is 19.3. The molecule has 0 radical (unpaired) electrons. The number of hydrogen-bond acceptors (Lipinski definition) is 2. The highest BCUT2D eigenvalue weighted by atomic mass is 127. The van der Waals surface area contributed by atoms with Crippen molar-refractivity contribution in [2.45, 2.75) is 0 Å². The summed E-state index contributed by atoms with van der Waals surface area (Å²) in [7, 11) is 0. The standard InChI is InChI=1S/C28H18IN3/c29-21-15-16-23-22-13-7-8-14-26(22)32(27(23)17-21)28-30-24(19-9-3-1-4-10-19)18-25(31-28)20-11-5-2-6-12-20/h1-18H. The molecular formula is C28H18IN3. The Bertz CT molecular complexity index is 1510. The van der Waals surface area contributed by atoms with Crippen molar-refractivity contribution in [1.82, 2.24) is 14.5 Å². The van der Waals surface area contributed by atoms with E-state index in [0.29, 0.717) is 5.95 Å². The Kier molecular flexibility index (Phi) is 4.72. The number of nitrogens with zero attached hydrogens (tertiary/aromatic N) is 3. The molecular weight excluding hydrogens is 505 g/mol. The van der Waals surface area contributed by atoms with Gasteiger partial charge in [-0.15, -0.1) is 0 Å². The van der Waals surface area contributed by atoms with Gasteiger partial charge in [-0.2, -0.15) is 0 Å². The molecule has 0 amide bonds. The Hall–Kier alpha value is -3.51. The summed E-state index contributed by atoms with van der Waals surface area (Å²) in [5, 5.41) is 2.41. The number of aromatic nitrogens is 3. The third-order valence-corrected chi connectivity index (χ3v) is 6.36. The SMILES string of the molecule is Ic1ccc2c3ccccc3n(-c3nc(-c4ccccc4)cc(-c4ccccc4)n3)c2c1. The summed E-state index contributed by atoms with van der Waals surface area (Å²) in [5.74, 6) is 0.679.